The molecule has 0 rings (SSSR count). The molecule has 0 fully saturated rings. The van der Waals surface area contributed by atoms with Gasteiger partial charge in [0.15, 0.2) is 0 Å². The van der Waals surface area contributed by atoms with Gasteiger partial charge in [0.1, 0.15) is 0 Å². The van der Waals surface area contributed by atoms with Gasteiger partial charge in [-0.3, -0.25) is 9.32 Å². The van der Waals surface area contributed by atoms with Crippen LogP contribution in [0, 0.1) is 0 Å². The van der Waals surface area contributed by atoms with Crippen LogP contribution in [0.3, 0.4) is 0 Å². The first-order valence-corrected chi connectivity index (χ1v) is 22.3. The van der Waals surface area contributed by atoms with Crippen molar-refractivity contribution in [2.24, 2.45) is 0 Å². The SMILES string of the molecule is CCCCCCCCC/C=C/C/C=C/C/C=C/C/C=C/CCCC(=O)N[C@@H](COP(=O)(O)O)[C@H](O)/C=C/CCCCCCCCCCCCCC. The van der Waals surface area contributed by atoms with E-state index in [1.165, 1.54) is 116 Å². The third-order valence-electron chi connectivity index (χ3n) is 8.97. The third kappa shape index (κ3) is 39.3. The number of amides is 1. The minimum Gasteiger partial charge on any atom is -0.387 e. The van der Waals surface area contributed by atoms with E-state index in [-0.39, 0.29) is 12.3 Å². The molecule has 0 aliphatic rings. The van der Waals surface area contributed by atoms with Crippen molar-refractivity contribution in [3.63, 3.8) is 0 Å². The zero-order chi connectivity index (χ0) is 37.5. The third-order valence-corrected chi connectivity index (χ3v) is 9.46. The number of rotatable bonds is 37. The fraction of sp³-hybridized carbons (Fsp3) is 0.744. The number of aliphatic hydroxyl groups is 1. The van der Waals surface area contributed by atoms with Gasteiger partial charge in [-0.25, -0.2) is 4.57 Å². The number of aliphatic hydroxyl groups excluding tert-OH is 1. The van der Waals surface area contributed by atoms with Crippen LogP contribution in [0.1, 0.15) is 187 Å². The summed E-state index contributed by atoms with van der Waals surface area (Å²) in [7, 11) is -4.73. The summed E-state index contributed by atoms with van der Waals surface area (Å²) in [6.07, 6.45) is 51.0. The molecule has 0 aliphatic carbocycles. The molecule has 0 unspecified atom stereocenters. The molecule has 8 heteroatoms. The summed E-state index contributed by atoms with van der Waals surface area (Å²) in [5.74, 6) is -0.282. The van der Waals surface area contributed by atoms with Crippen LogP contribution in [-0.2, 0) is 13.9 Å². The van der Waals surface area contributed by atoms with Crippen LogP contribution in [0.15, 0.2) is 60.8 Å². The van der Waals surface area contributed by atoms with Gasteiger partial charge in [-0.05, 0) is 57.8 Å². The Labute approximate surface area is 313 Å². The Morgan fingerprint density at radius 1 is 0.569 bits per heavy atom. The topological polar surface area (TPSA) is 116 Å². The van der Waals surface area contributed by atoms with E-state index in [1.807, 2.05) is 6.08 Å². The highest BCUT2D eigenvalue weighted by atomic mass is 31.2. The first kappa shape index (κ1) is 49.2. The quantitative estimate of drug-likeness (QED) is 0.0287. The minimum absolute atomic E-state index is 0.250. The molecule has 0 aromatic rings. The van der Waals surface area contributed by atoms with Gasteiger partial charge < -0.3 is 20.2 Å². The summed E-state index contributed by atoms with van der Waals surface area (Å²) in [6.45, 7) is 4.03. The van der Waals surface area contributed by atoms with E-state index >= 15 is 0 Å². The van der Waals surface area contributed by atoms with Crippen molar-refractivity contribution in [1.82, 2.24) is 5.32 Å². The zero-order valence-electron chi connectivity index (χ0n) is 32.7. The molecule has 0 aliphatic heterocycles. The maximum absolute atomic E-state index is 12.5. The molecule has 0 bridgehead atoms. The number of hydrogen-bond acceptors (Lipinski definition) is 4. The molecule has 0 spiro atoms. The van der Waals surface area contributed by atoms with Gasteiger partial charge in [0.2, 0.25) is 5.91 Å². The Morgan fingerprint density at radius 3 is 1.37 bits per heavy atom. The Hall–Kier alpha value is -1.76. The normalized spacial score (nSPS) is 13.9. The molecule has 51 heavy (non-hydrogen) atoms. The zero-order valence-corrected chi connectivity index (χ0v) is 33.6. The summed E-state index contributed by atoms with van der Waals surface area (Å²) < 4.78 is 15.9. The fourth-order valence-corrected chi connectivity index (χ4v) is 6.16. The fourth-order valence-electron chi connectivity index (χ4n) is 5.80. The minimum atomic E-state index is -4.73. The highest BCUT2D eigenvalue weighted by molar-refractivity contribution is 7.46. The van der Waals surface area contributed by atoms with Crippen molar-refractivity contribution in [3.8, 4) is 0 Å². The summed E-state index contributed by atoms with van der Waals surface area (Å²) in [4.78, 5) is 30.8. The number of unbranched alkanes of at least 4 members (excludes halogenated alkanes) is 20. The molecule has 0 saturated carbocycles. The van der Waals surface area contributed by atoms with Crippen LogP contribution in [0.2, 0.25) is 0 Å². The number of phosphoric ester groups is 1. The standard InChI is InChI=1S/C43H78NO6P/c1-3-5-7-9-11-13-15-17-19-20-21-22-23-24-25-27-29-31-33-35-37-39-43(46)44-41(40-50-51(47,48)49)42(45)38-36-34-32-30-28-26-18-16-14-12-10-8-6-4-2/h19-20,22-23,25,27,31,33,36,38,41-42,45H,3-18,21,24,26,28-30,32,34-35,37,39-40H2,1-2H3,(H,44,46)(H2,47,48,49)/b20-19+,23-22+,27-25+,33-31+,38-36+/t41-,42+/m0/s1. The second kappa shape index (κ2) is 38.0. The Balaban J connectivity index is 4.11. The molecule has 1 amide bonds. The van der Waals surface area contributed by atoms with E-state index < -0.39 is 26.6 Å². The van der Waals surface area contributed by atoms with E-state index in [0.29, 0.717) is 6.42 Å². The number of hydrogen-bond donors (Lipinski definition) is 4. The molecule has 0 heterocycles. The van der Waals surface area contributed by atoms with Crippen LogP contribution in [0.25, 0.3) is 0 Å². The van der Waals surface area contributed by atoms with Crippen LogP contribution < -0.4 is 5.32 Å². The van der Waals surface area contributed by atoms with E-state index in [1.54, 1.807) is 6.08 Å². The first-order valence-electron chi connectivity index (χ1n) is 20.7. The molecule has 4 N–H and O–H groups in total. The maximum atomic E-state index is 12.5. The second-order valence-corrected chi connectivity index (χ2v) is 15.2. The molecule has 296 valence electrons. The van der Waals surface area contributed by atoms with E-state index in [2.05, 4.69) is 72.3 Å². The van der Waals surface area contributed by atoms with Gasteiger partial charge in [-0.2, -0.15) is 0 Å². The van der Waals surface area contributed by atoms with Crippen molar-refractivity contribution in [2.45, 2.75) is 199 Å². The van der Waals surface area contributed by atoms with Crippen LogP contribution in [-0.4, -0.2) is 39.6 Å². The molecule has 7 nitrogen and oxygen atoms in total. The van der Waals surface area contributed by atoms with Gasteiger partial charge >= 0.3 is 7.82 Å². The molecular weight excluding hydrogens is 657 g/mol. The Morgan fingerprint density at radius 2 is 0.941 bits per heavy atom. The number of nitrogens with one attached hydrogen (secondary N) is 1. The van der Waals surface area contributed by atoms with Crippen LogP contribution >= 0.6 is 7.82 Å². The lowest BCUT2D eigenvalue weighted by Gasteiger charge is -2.22. The summed E-state index contributed by atoms with van der Waals surface area (Å²) in [5.41, 5.74) is 0. The number of allylic oxidation sites excluding steroid dienone is 9. The summed E-state index contributed by atoms with van der Waals surface area (Å²) >= 11 is 0. The highest BCUT2D eigenvalue weighted by Crippen LogP contribution is 2.35. The second-order valence-electron chi connectivity index (χ2n) is 14.0. The van der Waals surface area contributed by atoms with Crippen LogP contribution in [0.5, 0.6) is 0 Å². The largest absolute Gasteiger partial charge is 0.469 e. The molecule has 0 aromatic heterocycles. The van der Waals surface area contributed by atoms with Gasteiger partial charge in [0.25, 0.3) is 0 Å². The van der Waals surface area contributed by atoms with E-state index in [4.69, 9.17) is 9.79 Å². The molecule has 0 aromatic carbocycles. The smallest absolute Gasteiger partial charge is 0.387 e. The predicted octanol–water partition coefficient (Wildman–Crippen LogP) is 12.3. The average molecular weight is 736 g/mol. The van der Waals surface area contributed by atoms with Crippen molar-refractivity contribution >= 4 is 13.7 Å². The lowest BCUT2D eigenvalue weighted by molar-refractivity contribution is -0.122. The lowest BCUT2D eigenvalue weighted by Crippen LogP contribution is -2.45. The van der Waals surface area contributed by atoms with Gasteiger partial charge in [0, 0.05) is 6.42 Å². The Bertz CT molecular complexity index is 970. The number of carbonyl (C=O) groups is 1. The highest BCUT2D eigenvalue weighted by Gasteiger charge is 2.24. The monoisotopic (exact) mass is 736 g/mol. The van der Waals surface area contributed by atoms with Gasteiger partial charge in [0.05, 0.1) is 18.8 Å². The van der Waals surface area contributed by atoms with Gasteiger partial charge in [-0.1, -0.05) is 184 Å². The van der Waals surface area contributed by atoms with E-state index in [0.717, 1.165) is 44.9 Å². The molecule has 0 radical (unpaired) electrons. The first-order chi connectivity index (χ1) is 24.8. The van der Waals surface area contributed by atoms with Crippen molar-refractivity contribution in [2.75, 3.05) is 6.61 Å². The molecular formula is C43H78NO6P. The maximum Gasteiger partial charge on any atom is 0.469 e. The molecule has 0 saturated heterocycles. The van der Waals surface area contributed by atoms with Crippen molar-refractivity contribution in [3.05, 3.63) is 60.8 Å². The average Bonchev–Trinajstić information content (AvgIpc) is 3.10. The van der Waals surface area contributed by atoms with Crippen molar-refractivity contribution in [1.29, 1.82) is 0 Å². The van der Waals surface area contributed by atoms with Gasteiger partial charge in [-0.15, -0.1) is 0 Å². The number of phosphoric acid groups is 1. The van der Waals surface area contributed by atoms with E-state index in [9.17, 15) is 14.5 Å². The predicted molar refractivity (Wildman–Crippen MR) is 218 cm³/mol. The summed E-state index contributed by atoms with van der Waals surface area (Å²) in [6, 6.07) is -0.941. The van der Waals surface area contributed by atoms with Crippen LogP contribution in [0.4, 0.5) is 0 Å². The lowest BCUT2D eigenvalue weighted by atomic mass is 10.0. The molecule has 2 atom stereocenters. The Kier molecular flexibility index (Phi) is 36.7. The number of carbonyl (C=O) groups excluding carboxylic acids is 1. The van der Waals surface area contributed by atoms with Crippen molar-refractivity contribution < 1.29 is 28.8 Å². The summed E-state index contributed by atoms with van der Waals surface area (Å²) in [5, 5.41) is 13.3.